The molecule has 0 aliphatic heterocycles. The van der Waals surface area contributed by atoms with Crippen molar-refractivity contribution in [2.45, 2.75) is 26.3 Å². The maximum atomic E-state index is 5.92. The second-order valence-electron chi connectivity index (χ2n) is 4.68. The van der Waals surface area contributed by atoms with Crippen LogP contribution < -0.4 is 10.1 Å². The Labute approximate surface area is 130 Å². The predicted octanol–water partition coefficient (Wildman–Crippen LogP) is 3.62. The SMILES string of the molecule is CCCNC(c1cncc(OCC)c1)c1ccc(Cl)cn1. The Morgan fingerprint density at radius 2 is 2.10 bits per heavy atom. The van der Waals surface area contributed by atoms with Gasteiger partial charge in [-0.1, -0.05) is 18.5 Å². The monoisotopic (exact) mass is 305 g/mol. The van der Waals surface area contributed by atoms with Gasteiger partial charge in [-0.05, 0) is 43.7 Å². The van der Waals surface area contributed by atoms with E-state index in [0.717, 1.165) is 30.0 Å². The summed E-state index contributed by atoms with van der Waals surface area (Å²) in [6.45, 7) is 5.61. The van der Waals surface area contributed by atoms with Crippen molar-refractivity contribution in [3.63, 3.8) is 0 Å². The summed E-state index contributed by atoms with van der Waals surface area (Å²) in [6.07, 6.45) is 6.27. The average molecular weight is 306 g/mol. The van der Waals surface area contributed by atoms with Crippen LogP contribution in [0.15, 0.2) is 36.8 Å². The first-order chi connectivity index (χ1) is 10.2. The second-order valence-corrected chi connectivity index (χ2v) is 5.11. The van der Waals surface area contributed by atoms with Gasteiger partial charge in [0, 0.05) is 12.4 Å². The second kappa shape index (κ2) is 7.96. The van der Waals surface area contributed by atoms with Crippen LogP contribution in [0, 0.1) is 0 Å². The third kappa shape index (κ3) is 4.41. The Hall–Kier alpha value is -1.65. The van der Waals surface area contributed by atoms with E-state index in [2.05, 4.69) is 22.2 Å². The lowest BCUT2D eigenvalue weighted by atomic mass is 10.0. The van der Waals surface area contributed by atoms with Crippen LogP contribution in [0.3, 0.4) is 0 Å². The quantitative estimate of drug-likeness (QED) is 0.849. The molecule has 0 fully saturated rings. The molecule has 0 bridgehead atoms. The van der Waals surface area contributed by atoms with E-state index in [4.69, 9.17) is 16.3 Å². The molecule has 0 aliphatic carbocycles. The minimum atomic E-state index is -0.0184. The van der Waals surface area contributed by atoms with Gasteiger partial charge in [-0.15, -0.1) is 0 Å². The molecule has 21 heavy (non-hydrogen) atoms. The number of nitrogens with one attached hydrogen (secondary N) is 1. The summed E-state index contributed by atoms with van der Waals surface area (Å²) in [7, 11) is 0. The van der Waals surface area contributed by atoms with Crippen molar-refractivity contribution >= 4 is 11.6 Å². The van der Waals surface area contributed by atoms with Crippen LogP contribution in [0.2, 0.25) is 5.02 Å². The molecule has 112 valence electrons. The highest BCUT2D eigenvalue weighted by atomic mass is 35.5. The van der Waals surface area contributed by atoms with Gasteiger partial charge in [0.25, 0.3) is 0 Å². The Balaban J connectivity index is 2.30. The van der Waals surface area contributed by atoms with E-state index in [-0.39, 0.29) is 6.04 Å². The summed E-state index contributed by atoms with van der Waals surface area (Å²) in [5.41, 5.74) is 1.95. The molecule has 1 atom stereocenters. The van der Waals surface area contributed by atoms with Crippen LogP contribution in [0.4, 0.5) is 0 Å². The fourth-order valence-corrected chi connectivity index (χ4v) is 2.19. The third-order valence-electron chi connectivity index (χ3n) is 3.02. The number of hydrogen-bond acceptors (Lipinski definition) is 4. The molecule has 0 radical (unpaired) electrons. The fourth-order valence-electron chi connectivity index (χ4n) is 2.08. The first kappa shape index (κ1) is 15.7. The molecule has 4 nitrogen and oxygen atoms in total. The molecular weight excluding hydrogens is 286 g/mol. The molecule has 1 N–H and O–H groups in total. The molecule has 2 rings (SSSR count). The molecule has 2 heterocycles. The van der Waals surface area contributed by atoms with Gasteiger partial charge in [-0.25, -0.2) is 0 Å². The molecule has 5 heteroatoms. The topological polar surface area (TPSA) is 47.0 Å². The first-order valence-corrected chi connectivity index (χ1v) is 7.55. The van der Waals surface area contributed by atoms with Gasteiger partial charge in [0.1, 0.15) is 5.75 Å². The molecule has 0 amide bonds. The number of pyridine rings is 2. The lowest BCUT2D eigenvalue weighted by molar-refractivity contribution is 0.338. The highest BCUT2D eigenvalue weighted by Gasteiger charge is 2.16. The number of hydrogen-bond donors (Lipinski definition) is 1. The Morgan fingerprint density at radius 1 is 1.24 bits per heavy atom. The van der Waals surface area contributed by atoms with Gasteiger partial charge in [0.2, 0.25) is 0 Å². The van der Waals surface area contributed by atoms with Crippen molar-refractivity contribution in [3.8, 4) is 5.75 Å². The third-order valence-corrected chi connectivity index (χ3v) is 3.25. The summed E-state index contributed by atoms with van der Waals surface area (Å²) >= 11 is 5.92. The van der Waals surface area contributed by atoms with Crippen molar-refractivity contribution in [3.05, 3.63) is 53.1 Å². The molecule has 1 unspecified atom stereocenters. The zero-order chi connectivity index (χ0) is 15.1. The van der Waals surface area contributed by atoms with Gasteiger partial charge in [-0.3, -0.25) is 9.97 Å². The minimum absolute atomic E-state index is 0.0184. The van der Waals surface area contributed by atoms with Crippen molar-refractivity contribution in [2.24, 2.45) is 0 Å². The number of aromatic nitrogens is 2. The number of nitrogens with zero attached hydrogens (tertiary/aromatic N) is 2. The van der Waals surface area contributed by atoms with E-state index in [1.807, 2.05) is 31.3 Å². The molecule has 0 aromatic carbocycles. The van der Waals surface area contributed by atoms with Crippen LogP contribution >= 0.6 is 11.6 Å². The first-order valence-electron chi connectivity index (χ1n) is 7.17. The maximum absolute atomic E-state index is 5.92. The van der Waals surface area contributed by atoms with Gasteiger partial charge in [0.05, 0.1) is 29.6 Å². The number of rotatable bonds is 7. The summed E-state index contributed by atoms with van der Waals surface area (Å²) < 4.78 is 5.52. The van der Waals surface area contributed by atoms with E-state index in [1.54, 1.807) is 12.4 Å². The predicted molar refractivity (Wildman–Crippen MR) is 84.8 cm³/mol. The molecule has 2 aromatic rings. The molecule has 0 aliphatic rings. The van der Waals surface area contributed by atoms with E-state index in [1.165, 1.54) is 0 Å². The normalized spacial score (nSPS) is 12.1. The molecule has 0 saturated heterocycles. The van der Waals surface area contributed by atoms with E-state index in [9.17, 15) is 0 Å². The molecular formula is C16H20ClN3O. The summed E-state index contributed by atoms with van der Waals surface area (Å²) in [4.78, 5) is 8.68. The number of ether oxygens (including phenoxy) is 1. The minimum Gasteiger partial charge on any atom is -0.492 e. The van der Waals surface area contributed by atoms with Gasteiger partial charge in [0.15, 0.2) is 0 Å². The van der Waals surface area contributed by atoms with Crippen molar-refractivity contribution in [1.29, 1.82) is 0 Å². The lowest BCUT2D eigenvalue weighted by Gasteiger charge is -2.19. The van der Waals surface area contributed by atoms with Crippen LogP contribution in [0.25, 0.3) is 0 Å². The smallest absolute Gasteiger partial charge is 0.137 e. The molecule has 2 aromatic heterocycles. The van der Waals surface area contributed by atoms with E-state index in [0.29, 0.717) is 11.6 Å². The summed E-state index contributed by atoms with van der Waals surface area (Å²) in [5.74, 6) is 0.771. The zero-order valence-corrected chi connectivity index (χ0v) is 13.1. The largest absolute Gasteiger partial charge is 0.492 e. The standard InChI is InChI=1S/C16H20ClN3O/c1-3-7-19-16(15-6-5-13(17)10-20-15)12-8-14(21-4-2)11-18-9-12/h5-6,8-11,16,19H,3-4,7H2,1-2H3. The van der Waals surface area contributed by atoms with Crippen LogP contribution in [0.5, 0.6) is 5.75 Å². The van der Waals surface area contributed by atoms with E-state index < -0.39 is 0 Å². The fraction of sp³-hybridized carbons (Fsp3) is 0.375. The van der Waals surface area contributed by atoms with Gasteiger partial charge < -0.3 is 10.1 Å². The number of halogens is 1. The van der Waals surface area contributed by atoms with Crippen LogP contribution in [0.1, 0.15) is 37.6 Å². The molecule has 0 saturated carbocycles. The van der Waals surface area contributed by atoms with Crippen molar-refractivity contribution < 1.29 is 4.74 Å². The Bertz CT molecular complexity index is 560. The summed E-state index contributed by atoms with van der Waals surface area (Å²) in [6, 6.07) is 5.77. The zero-order valence-electron chi connectivity index (χ0n) is 12.3. The van der Waals surface area contributed by atoms with Crippen LogP contribution in [-0.2, 0) is 0 Å². The van der Waals surface area contributed by atoms with Gasteiger partial charge in [-0.2, -0.15) is 0 Å². The van der Waals surface area contributed by atoms with E-state index >= 15 is 0 Å². The molecule has 0 spiro atoms. The highest BCUT2D eigenvalue weighted by molar-refractivity contribution is 6.30. The van der Waals surface area contributed by atoms with Gasteiger partial charge >= 0.3 is 0 Å². The average Bonchev–Trinajstić information content (AvgIpc) is 2.50. The Morgan fingerprint density at radius 3 is 2.76 bits per heavy atom. The van der Waals surface area contributed by atoms with Crippen molar-refractivity contribution in [2.75, 3.05) is 13.2 Å². The lowest BCUT2D eigenvalue weighted by Crippen LogP contribution is -2.24. The van der Waals surface area contributed by atoms with Crippen molar-refractivity contribution in [1.82, 2.24) is 15.3 Å². The highest BCUT2D eigenvalue weighted by Crippen LogP contribution is 2.24. The summed E-state index contributed by atoms with van der Waals surface area (Å²) in [5, 5.41) is 4.12. The van der Waals surface area contributed by atoms with Crippen LogP contribution in [-0.4, -0.2) is 23.1 Å². The maximum Gasteiger partial charge on any atom is 0.137 e. The Kier molecular flexibility index (Phi) is 5.96.